The molecule has 0 aromatic carbocycles. The number of thiophene rings is 1. The molecule has 0 aliphatic rings. The van der Waals surface area contributed by atoms with Crippen LogP contribution in [0.3, 0.4) is 0 Å². The second-order valence-electron chi connectivity index (χ2n) is 3.85. The van der Waals surface area contributed by atoms with Crippen LogP contribution >= 0.6 is 11.3 Å². The molecule has 9 heteroatoms. The van der Waals surface area contributed by atoms with E-state index in [1.165, 1.54) is 16.9 Å². The minimum absolute atomic E-state index is 0.0816. The van der Waals surface area contributed by atoms with E-state index in [9.17, 15) is 13.2 Å². The van der Waals surface area contributed by atoms with Crippen LogP contribution < -0.4 is 10.5 Å². The van der Waals surface area contributed by atoms with Crippen molar-refractivity contribution in [2.75, 3.05) is 0 Å². The van der Waals surface area contributed by atoms with Crippen LogP contribution in [0.2, 0.25) is 0 Å². The molecule has 2 aromatic rings. The number of primary sulfonamides is 1. The molecule has 0 spiro atoms. The number of nitrogens with two attached hydrogens (primary N) is 1. The molecular weight excluding hydrogens is 288 g/mol. The molecule has 0 aliphatic heterocycles. The Kier molecular flexibility index (Phi) is 3.69. The summed E-state index contributed by atoms with van der Waals surface area (Å²) in [6.07, 6.45) is 3.05. The van der Waals surface area contributed by atoms with Crippen LogP contribution in [-0.2, 0) is 23.6 Å². The van der Waals surface area contributed by atoms with Gasteiger partial charge in [0.25, 0.3) is 5.91 Å². The van der Waals surface area contributed by atoms with E-state index < -0.39 is 10.0 Å². The summed E-state index contributed by atoms with van der Waals surface area (Å²) in [6, 6.07) is 3.04. The highest BCUT2D eigenvalue weighted by molar-refractivity contribution is 7.91. The normalized spacial score (nSPS) is 11.5. The molecule has 2 heterocycles. The summed E-state index contributed by atoms with van der Waals surface area (Å²) >= 11 is 1.03. The molecule has 0 atom stereocenters. The van der Waals surface area contributed by atoms with E-state index >= 15 is 0 Å². The second kappa shape index (κ2) is 5.11. The summed E-state index contributed by atoms with van der Waals surface area (Å²) in [7, 11) is -1.96. The van der Waals surface area contributed by atoms with Crippen LogP contribution in [0.15, 0.2) is 28.7 Å². The van der Waals surface area contributed by atoms with Crippen LogP contribution in [0.4, 0.5) is 0 Å². The molecule has 0 unspecified atom stereocenters. The van der Waals surface area contributed by atoms with Gasteiger partial charge in [0.05, 0.1) is 18.3 Å². The maximum absolute atomic E-state index is 11.7. The zero-order valence-electron chi connectivity index (χ0n) is 10.0. The predicted octanol–water partition coefficient (Wildman–Crippen LogP) is 0.0590. The Morgan fingerprint density at radius 1 is 1.53 bits per heavy atom. The summed E-state index contributed by atoms with van der Waals surface area (Å²) in [4.78, 5) is 12.4. The zero-order chi connectivity index (χ0) is 14.0. The number of hydrogen-bond donors (Lipinski definition) is 2. The van der Waals surface area contributed by atoms with Crippen LogP contribution in [-0.4, -0.2) is 24.1 Å². The average molecular weight is 300 g/mol. The van der Waals surface area contributed by atoms with E-state index in [1.807, 2.05) is 0 Å². The first-order valence-corrected chi connectivity index (χ1v) is 7.61. The number of sulfonamides is 1. The van der Waals surface area contributed by atoms with Gasteiger partial charge in [-0.25, -0.2) is 13.6 Å². The lowest BCUT2D eigenvalue weighted by molar-refractivity contribution is 0.0951. The molecule has 3 N–H and O–H groups in total. The molecule has 0 bridgehead atoms. The molecule has 1 amide bonds. The first-order valence-electron chi connectivity index (χ1n) is 5.24. The Hall–Kier alpha value is -1.71. The van der Waals surface area contributed by atoms with Gasteiger partial charge in [0.2, 0.25) is 10.0 Å². The third kappa shape index (κ3) is 3.40. The number of rotatable bonds is 4. The number of amides is 1. The quantitative estimate of drug-likeness (QED) is 0.832. The Labute approximate surface area is 114 Å². The standard InChI is InChI=1S/C10H12N4O3S2/c1-14-6-7(4-13-14)10(15)12-5-8-2-3-9(18-8)19(11,16)17/h2-4,6H,5H2,1H3,(H,12,15)(H2,11,16,17). The van der Waals surface area contributed by atoms with Gasteiger partial charge < -0.3 is 5.32 Å². The van der Waals surface area contributed by atoms with Gasteiger partial charge in [-0.3, -0.25) is 9.48 Å². The van der Waals surface area contributed by atoms with Crippen molar-refractivity contribution in [1.82, 2.24) is 15.1 Å². The van der Waals surface area contributed by atoms with Gasteiger partial charge in [-0.05, 0) is 12.1 Å². The predicted molar refractivity (Wildman–Crippen MR) is 70.1 cm³/mol. The fraction of sp³-hybridized carbons (Fsp3) is 0.200. The van der Waals surface area contributed by atoms with Crippen LogP contribution in [0.5, 0.6) is 0 Å². The van der Waals surface area contributed by atoms with Crippen molar-refractivity contribution in [3.05, 3.63) is 35.0 Å². The monoisotopic (exact) mass is 300 g/mol. The van der Waals surface area contributed by atoms with Gasteiger partial charge in [0.1, 0.15) is 4.21 Å². The van der Waals surface area contributed by atoms with E-state index in [4.69, 9.17) is 5.14 Å². The number of aromatic nitrogens is 2. The van der Waals surface area contributed by atoms with Crippen LogP contribution in [0.25, 0.3) is 0 Å². The lowest BCUT2D eigenvalue weighted by atomic mass is 10.3. The van der Waals surface area contributed by atoms with Crippen molar-refractivity contribution in [2.24, 2.45) is 12.2 Å². The summed E-state index contributed by atoms with van der Waals surface area (Å²) in [5.41, 5.74) is 0.450. The topological polar surface area (TPSA) is 107 Å². The maximum Gasteiger partial charge on any atom is 0.254 e. The number of nitrogens with one attached hydrogen (secondary N) is 1. The average Bonchev–Trinajstić information content (AvgIpc) is 2.93. The van der Waals surface area contributed by atoms with E-state index in [-0.39, 0.29) is 16.7 Å². The fourth-order valence-corrected chi connectivity index (χ4v) is 3.13. The van der Waals surface area contributed by atoms with Crippen molar-refractivity contribution >= 4 is 27.3 Å². The first-order chi connectivity index (χ1) is 8.86. The molecule has 2 aromatic heterocycles. The third-order valence-corrected chi connectivity index (χ3v) is 4.83. The first kappa shape index (κ1) is 13.7. The van der Waals surface area contributed by atoms with Gasteiger partial charge in [-0.1, -0.05) is 0 Å². The number of hydrogen-bond acceptors (Lipinski definition) is 5. The van der Waals surface area contributed by atoms with Gasteiger partial charge in [0, 0.05) is 18.1 Å². The summed E-state index contributed by atoms with van der Waals surface area (Å²) < 4.78 is 23.8. The Morgan fingerprint density at radius 2 is 2.26 bits per heavy atom. The SMILES string of the molecule is Cn1cc(C(=O)NCc2ccc(S(N)(=O)=O)s2)cn1. The third-order valence-electron chi connectivity index (χ3n) is 2.31. The second-order valence-corrected chi connectivity index (χ2v) is 6.81. The molecule has 19 heavy (non-hydrogen) atoms. The minimum atomic E-state index is -3.68. The van der Waals surface area contributed by atoms with Gasteiger partial charge in [-0.2, -0.15) is 5.10 Å². The van der Waals surface area contributed by atoms with E-state index in [0.29, 0.717) is 10.4 Å². The lowest BCUT2D eigenvalue weighted by Gasteiger charge is -2.00. The van der Waals surface area contributed by atoms with Crippen LogP contribution in [0.1, 0.15) is 15.2 Å². The van der Waals surface area contributed by atoms with Crippen molar-refractivity contribution in [3.63, 3.8) is 0 Å². The molecule has 0 radical (unpaired) electrons. The highest BCUT2D eigenvalue weighted by Gasteiger charge is 2.12. The van der Waals surface area contributed by atoms with Crippen molar-refractivity contribution in [2.45, 2.75) is 10.8 Å². The Balaban J connectivity index is 1.99. The fourth-order valence-electron chi connectivity index (χ4n) is 1.41. The summed E-state index contributed by atoms with van der Waals surface area (Å²) in [5, 5.41) is 11.6. The molecule has 7 nitrogen and oxygen atoms in total. The minimum Gasteiger partial charge on any atom is -0.347 e. The summed E-state index contributed by atoms with van der Waals surface area (Å²) in [6.45, 7) is 0.244. The molecule has 0 saturated heterocycles. The summed E-state index contributed by atoms with van der Waals surface area (Å²) in [5.74, 6) is -0.265. The van der Waals surface area contributed by atoms with Gasteiger partial charge in [-0.15, -0.1) is 11.3 Å². The Bertz CT molecular complexity index is 702. The van der Waals surface area contributed by atoms with E-state index in [2.05, 4.69) is 10.4 Å². The van der Waals surface area contributed by atoms with E-state index in [1.54, 1.807) is 19.3 Å². The van der Waals surface area contributed by atoms with Crippen molar-refractivity contribution < 1.29 is 13.2 Å². The van der Waals surface area contributed by atoms with Gasteiger partial charge >= 0.3 is 0 Å². The van der Waals surface area contributed by atoms with E-state index in [0.717, 1.165) is 11.3 Å². The molecule has 0 aliphatic carbocycles. The largest absolute Gasteiger partial charge is 0.347 e. The number of carbonyl (C=O) groups excluding carboxylic acids is 1. The Morgan fingerprint density at radius 3 is 2.79 bits per heavy atom. The molecule has 102 valence electrons. The molecule has 0 saturated carbocycles. The van der Waals surface area contributed by atoms with Gasteiger partial charge in [0.15, 0.2) is 0 Å². The number of aryl methyl sites for hydroxylation is 1. The van der Waals surface area contributed by atoms with Crippen LogP contribution in [0, 0.1) is 0 Å². The maximum atomic E-state index is 11.7. The van der Waals surface area contributed by atoms with Crippen molar-refractivity contribution in [1.29, 1.82) is 0 Å². The molecular formula is C10H12N4O3S2. The molecule has 0 fully saturated rings. The lowest BCUT2D eigenvalue weighted by Crippen LogP contribution is -2.21. The number of nitrogens with zero attached hydrogens (tertiary/aromatic N) is 2. The number of carbonyl (C=O) groups is 1. The van der Waals surface area contributed by atoms with Crippen molar-refractivity contribution in [3.8, 4) is 0 Å². The molecule has 2 rings (SSSR count). The highest BCUT2D eigenvalue weighted by atomic mass is 32.2. The smallest absolute Gasteiger partial charge is 0.254 e. The highest BCUT2D eigenvalue weighted by Crippen LogP contribution is 2.20. The zero-order valence-corrected chi connectivity index (χ0v) is 11.7.